The molecule has 0 radical (unpaired) electrons. The molecule has 1 fully saturated rings. The number of carbonyl (C=O) groups is 1. The number of fused-ring (bicyclic) bond motifs is 1. The number of piperidine rings is 1. The second kappa shape index (κ2) is 8.48. The molecule has 2 aromatic carbocycles. The van der Waals surface area contributed by atoms with Crippen molar-refractivity contribution in [1.29, 1.82) is 0 Å². The van der Waals surface area contributed by atoms with Gasteiger partial charge < -0.3 is 10.1 Å². The van der Waals surface area contributed by atoms with Gasteiger partial charge in [0.25, 0.3) is 0 Å². The average molecular weight is 407 g/mol. The van der Waals surface area contributed by atoms with Crippen LogP contribution in [0, 0.1) is 0 Å². The van der Waals surface area contributed by atoms with E-state index in [1.54, 1.807) is 6.20 Å². The summed E-state index contributed by atoms with van der Waals surface area (Å²) < 4.78 is 6.77. The third-order valence-electron chi connectivity index (χ3n) is 5.26. The molecule has 0 unspecified atom stereocenters. The van der Waals surface area contributed by atoms with E-state index < -0.39 is 11.7 Å². The van der Waals surface area contributed by atoms with E-state index in [1.807, 2.05) is 32.9 Å². The molecule has 0 aliphatic carbocycles. The molecule has 0 amide bonds. The quantitative estimate of drug-likeness (QED) is 0.668. The van der Waals surface area contributed by atoms with Crippen LogP contribution in [0.4, 0.5) is 10.5 Å². The highest BCUT2D eigenvalue weighted by Gasteiger charge is 2.22. The monoisotopic (exact) mass is 406 g/mol. The Hall–Kier alpha value is -2.86. The molecule has 1 atom stereocenters. The number of nitrogens with one attached hydrogen (secondary N) is 1. The molecule has 0 saturated carbocycles. The van der Waals surface area contributed by atoms with E-state index in [4.69, 9.17) is 4.74 Å². The third kappa shape index (κ3) is 5.00. The fourth-order valence-electron chi connectivity index (χ4n) is 3.97. The minimum atomic E-state index is -0.552. The van der Waals surface area contributed by atoms with Gasteiger partial charge in [-0.25, -0.2) is 4.79 Å². The van der Waals surface area contributed by atoms with Crippen molar-refractivity contribution in [3.8, 4) is 0 Å². The fourth-order valence-corrected chi connectivity index (χ4v) is 3.97. The van der Waals surface area contributed by atoms with Crippen molar-refractivity contribution in [2.24, 2.45) is 0 Å². The van der Waals surface area contributed by atoms with E-state index in [1.165, 1.54) is 16.7 Å². The maximum atomic E-state index is 12.4. The maximum absolute atomic E-state index is 12.4. The molecule has 1 aliphatic rings. The Morgan fingerprint density at radius 1 is 1.20 bits per heavy atom. The summed E-state index contributed by atoms with van der Waals surface area (Å²) in [5.74, 6) is 0. The zero-order valence-electron chi connectivity index (χ0n) is 18.0. The van der Waals surface area contributed by atoms with Crippen molar-refractivity contribution in [2.45, 2.75) is 51.8 Å². The van der Waals surface area contributed by atoms with Crippen molar-refractivity contribution in [2.75, 3.05) is 18.4 Å². The standard InChI is InChI=1S/C24H30N4O2/c1-24(2,3)30-23(29)28-22-12-11-20(14-19(22)15-25-28)26-21-10-7-13-27(17-21)16-18-8-5-4-6-9-18/h4-6,8-9,11-12,14-15,21,26H,7,10,13,16-17H2,1-3H3/t21-/m0/s1. The molecular formula is C24H30N4O2. The van der Waals surface area contributed by atoms with Crippen LogP contribution in [0.25, 0.3) is 10.9 Å². The van der Waals surface area contributed by atoms with E-state index in [0.29, 0.717) is 6.04 Å². The number of aromatic nitrogens is 2. The maximum Gasteiger partial charge on any atom is 0.435 e. The molecule has 0 bridgehead atoms. The molecule has 158 valence electrons. The van der Waals surface area contributed by atoms with E-state index in [-0.39, 0.29) is 0 Å². The van der Waals surface area contributed by atoms with Gasteiger partial charge in [-0.1, -0.05) is 30.3 Å². The highest BCUT2D eigenvalue weighted by Crippen LogP contribution is 2.23. The third-order valence-corrected chi connectivity index (χ3v) is 5.26. The number of benzene rings is 2. The normalized spacial score (nSPS) is 17.8. The van der Waals surface area contributed by atoms with Gasteiger partial charge in [0.2, 0.25) is 0 Å². The van der Waals surface area contributed by atoms with Crippen LogP contribution >= 0.6 is 0 Å². The van der Waals surface area contributed by atoms with E-state index in [2.05, 4.69) is 51.7 Å². The van der Waals surface area contributed by atoms with E-state index >= 15 is 0 Å². The van der Waals surface area contributed by atoms with Crippen molar-refractivity contribution < 1.29 is 9.53 Å². The average Bonchev–Trinajstić information content (AvgIpc) is 3.11. The number of likely N-dealkylation sites (tertiary alicyclic amines) is 1. The molecule has 3 aromatic rings. The van der Waals surface area contributed by atoms with Crippen LogP contribution in [0.2, 0.25) is 0 Å². The van der Waals surface area contributed by atoms with Gasteiger partial charge in [0.15, 0.2) is 0 Å². The number of hydrogen-bond donors (Lipinski definition) is 1. The number of ether oxygens (including phenoxy) is 1. The van der Waals surface area contributed by atoms with Crippen LogP contribution in [0.1, 0.15) is 39.2 Å². The van der Waals surface area contributed by atoms with Gasteiger partial charge >= 0.3 is 6.09 Å². The Balaban J connectivity index is 1.42. The lowest BCUT2D eigenvalue weighted by Gasteiger charge is -2.33. The van der Waals surface area contributed by atoms with Crippen LogP contribution in [0.15, 0.2) is 54.7 Å². The molecule has 1 aliphatic heterocycles. The first-order chi connectivity index (χ1) is 14.4. The van der Waals surface area contributed by atoms with E-state index in [9.17, 15) is 4.79 Å². The Bertz CT molecular complexity index is 1010. The molecule has 1 saturated heterocycles. The molecule has 6 nitrogen and oxygen atoms in total. The summed E-state index contributed by atoms with van der Waals surface area (Å²) in [6, 6.07) is 17.0. The predicted molar refractivity (Wildman–Crippen MR) is 120 cm³/mol. The molecular weight excluding hydrogens is 376 g/mol. The number of hydrogen-bond acceptors (Lipinski definition) is 5. The van der Waals surface area contributed by atoms with Crippen LogP contribution in [0.5, 0.6) is 0 Å². The van der Waals surface area contributed by atoms with Crippen molar-refractivity contribution in [1.82, 2.24) is 14.7 Å². The van der Waals surface area contributed by atoms with Gasteiger partial charge in [-0.2, -0.15) is 9.78 Å². The summed E-state index contributed by atoms with van der Waals surface area (Å²) in [6.07, 6.45) is 3.60. The first-order valence-corrected chi connectivity index (χ1v) is 10.6. The number of anilines is 1. The second-order valence-corrected chi connectivity index (χ2v) is 9.01. The highest BCUT2D eigenvalue weighted by atomic mass is 16.6. The van der Waals surface area contributed by atoms with Gasteiger partial charge in [-0.15, -0.1) is 0 Å². The van der Waals surface area contributed by atoms with Crippen LogP contribution < -0.4 is 5.32 Å². The van der Waals surface area contributed by atoms with Gasteiger partial charge in [0, 0.05) is 30.2 Å². The number of nitrogens with zero attached hydrogens (tertiary/aromatic N) is 3. The Morgan fingerprint density at radius 2 is 2.00 bits per heavy atom. The molecule has 0 spiro atoms. The molecule has 1 aromatic heterocycles. The van der Waals surface area contributed by atoms with Crippen molar-refractivity contribution in [3.63, 3.8) is 0 Å². The topological polar surface area (TPSA) is 59.4 Å². The minimum absolute atomic E-state index is 0.404. The largest absolute Gasteiger partial charge is 0.442 e. The molecule has 1 N–H and O–H groups in total. The molecule has 6 heteroatoms. The predicted octanol–water partition coefficient (Wildman–Crippen LogP) is 4.90. The smallest absolute Gasteiger partial charge is 0.435 e. The number of rotatable bonds is 4. The van der Waals surface area contributed by atoms with E-state index in [0.717, 1.165) is 42.6 Å². The van der Waals surface area contributed by atoms with Gasteiger partial charge in [-0.3, -0.25) is 4.90 Å². The summed E-state index contributed by atoms with van der Waals surface area (Å²) in [5.41, 5.74) is 2.61. The Morgan fingerprint density at radius 3 is 2.77 bits per heavy atom. The lowest BCUT2D eigenvalue weighted by molar-refractivity contribution is 0.0522. The summed E-state index contributed by atoms with van der Waals surface area (Å²) in [6.45, 7) is 8.69. The van der Waals surface area contributed by atoms with Crippen LogP contribution in [-0.2, 0) is 11.3 Å². The number of carbonyl (C=O) groups excluding carboxylic acids is 1. The molecule has 2 heterocycles. The molecule has 30 heavy (non-hydrogen) atoms. The van der Waals surface area contributed by atoms with Gasteiger partial charge in [0.1, 0.15) is 5.60 Å². The lowest BCUT2D eigenvalue weighted by atomic mass is 10.0. The van der Waals surface area contributed by atoms with Gasteiger partial charge in [0.05, 0.1) is 11.7 Å². The van der Waals surface area contributed by atoms with Gasteiger partial charge in [-0.05, 0) is 63.9 Å². The lowest BCUT2D eigenvalue weighted by Crippen LogP contribution is -2.41. The second-order valence-electron chi connectivity index (χ2n) is 9.01. The molecule has 4 rings (SSSR count). The summed E-state index contributed by atoms with van der Waals surface area (Å²) in [4.78, 5) is 14.9. The summed E-state index contributed by atoms with van der Waals surface area (Å²) in [5, 5.41) is 8.82. The highest BCUT2D eigenvalue weighted by molar-refractivity contribution is 5.89. The fraction of sp³-hybridized carbons (Fsp3) is 0.417. The summed E-state index contributed by atoms with van der Waals surface area (Å²) in [7, 11) is 0. The Labute approximate surface area is 177 Å². The zero-order chi connectivity index (χ0) is 21.1. The first-order valence-electron chi connectivity index (χ1n) is 10.6. The zero-order valence-corrected chi connectivity index (χ0v) is 18.0. The Kier molecular flexibility index (Phi) is 5.77. The van der Waals surface area contributed by atoms with Crippen LogP contribution in [0.3, 0.4) is 0 Å². The first kappa shape index (κ1) is 20.4. The van der Waals surface area contributed by atoms with Crippen molar-refractivity contribution >= 4 is 22.7 Å². The summed E-state index contributed by atoms with van der Waals surface area (Å²) >= 11 is 0. The van der Waals surface area contributed by atoms with Crippen LogP contribution in [-0.4, -0.2) is 45.5 Å². The van der Waals surface area contributed by atoms with Crippen molar-refractivity contribution in [3.05, 3.63) is 60.3 Å². The SMILES string of the molecule is CC(C)(C)OC(=O)n1ncc2cc(N[C@H]3CCCN(Cc4ccccc4)C3)ccc21. The minimum Gasteiger partial charge on any atom is -0.442 e.